The van der Waals surface area contributed by atoms with Gasteiger partial charge in [0.2, 0.25) is 0 Å². The minimum absolute atomic E-state index is 0.231. The van der Waals surface area contributed by atoms with Gasteiger partial charge in [-0.25, -0.2) is 0 Å². The predicted molar refractivity (Wildman–Crippen MR) is 76.9 cm³/mol. The highest BCUT2D eigenvalue weighted by molar-refractivity contribution is 6.17. The van der Waals surface area contributed by atoms with Crippen molar-refractivity contribution in [2.45, 2.75) is 64.0 Å². The summed E-state index contributed by atoms with van der Waals surface area (Å²) in [4.78, 5) is 2.52. The highest BCUT2D eigenvalue weighted by Gasteiger charge is 2.22. The van der Waals surface area contributed by atoms with E-state index in [0.29, 0.717) is 0 Å². The number of nitrogens with one attached hydrogen (secondary N) is 1. The molecule has 1 fully saturated rings. The fourth-order valence-corrected chi connectivity index (χ4v) is 3.07. The molecule has 1 aliphatic rings. The number of likely N-dealkylation sites (tertiary alicyclic amines) is 1. The third kappa shape index (κ3) is 5.15. The highest BCUT2D eigenvalue weighted by Crippen LogP contribution is 2.19. The summed E-state index contributed by atoms with van der Waals surface area (Å²) in [7, 11) is 2.27. The van der Waals surface area contributed by atoms with Gasteiger partial charge in [0.25, 0.3) is 0 Å². The number of halogens is 1. The molecule has 1 N–H and O–H groups in total. The topological polar surface area (TPSA) is 15.3 Å². The largest absolute Gasteiger partial charge is 0.311 e. The third-order valence-corrected chi connectivity index (χ3v) is 4.57. The Balaban J connectivity index is 2.25. The molecule has 2 atom stereocenters. The Morgan fingerprint density at radius 3 is 2.76 bits per heavy atom. The lowest BCUT2D eigenvalue weighted by atomic mass is 9.94. The van der Waals surface area contributed by atoms with Gasteiger partial charge >= 0.3 is 0 Å². The maximum Gasteiger partial charge on any atom is 0.0240 e. The van der Waals surface area contributed by atoms with E-state index < -0.39 is 0 Å². The van der Waals surface area contributed by atoms with E-state index in [1.54, 1.807) is 0 Å². The molecule has 2 nitrogen and oxygen atoms in total. The average molecular weight is 261 g/mol. The first-order valence-electron chi connectivity index (χ1n) is 7.12. The average Bonchev–Trinajstić information content (AvgIpc) is 2.32. The lowest BCUT2D eigenvalue weighted by molar-refractivity contribution is 0.170. The zero-order valence-electron chi connectivity index (χ0n) is 11.8. The van der Waals surface area contributed by atoms with Gasteiger partial charge < -0.3 is 10.2 Å². The van der Waals surface area contributed by atoms with Crippen molar-refractivity contribution in [3.05, 3.63) is 0 Å². The molecule has 0 spiro atoms. The second-order valence-corrected chi connectivity index (χ2v) is 6.08. The molecule has 1 saturated heterocycles. The molecular weight excluding hydrogens is 232 g/mol. The Morgan fingerprint density at radius 1 is 1.41 bits per heavy atom. The van der Waals surface area contributed by atoms with Crippen molar-refractivity contribution in [3.8, 4) is 0 Å². The molecule has 2 unspecified atom stereocenters. The van der Waals surface area contributed by atoms with Gasteiger partial charge in [-0.15, -0.1) is 11.6 Å². The highest BCUT2D eigenvalue weighted by atomic mass is 35.5. The van der Waals surface area contributed by atoms with Crippen LogP contribution in [0.15, 0.2) is 0 Å². The SMILES string of the molecule is CCC(C)(CCCl)NCCC1CCCCN1C. The Labute approximate surface area is 112 Å². The molecule has 0 aromatic heterocycles. The first kappa shape index (κ1) is 15.3. The van der Waals surface area contributed by atoms with Gasteiger partial charge in [0, 0.05) is 17.5 Å². The number of piperidine rings is 1. The smallest absolute Gasteiger partial charge is 0.0240 e. The summed E-state index contributed by atoms with van der Waals surface area (Å²) < 4.78 is 0. The van der Waals surface area contributed by atoms with E-state index in [1.807, 2.05) is 0 Å². The molecule has 0 aliphatic carbocycles. The summed E-state index contributed by atoms with van der Waals surface area (Å²) in [6.07, 6.45) is 7.64. The van der Waals surface area contributed by atoms with E-state index in [2.05, 4.69) is 31.1 Å². The molecule has 0 saturated carbocycles. The lowest BCUT2D eigenvalue weighted by Crippen LogP contribution is -2.45. The number of alkyl halides is 1. The van der Waals surface area contributed by atoms with E-state index in [-0.39, 0.29) is 5.54 Å². The van der Waals surface area contributed by atoms with Gasteiger partial charge in [0.1, 0.15) is 0 Å². The fourth-order valence-electron chi connectivity index (χ4n) is 2.65. The third-order valence-electron chi connectivity index (χ3n) is 4.38. The lowest BCUT2D eigenvalue weighted by Gasteiger charge is -2.34. The second-order valence-electron chi connectivity index (χ2n) is 5.70. The summed E-state index contributed by atoms with van der Waals surface area (Å²) >= 11 is 5.87. The summed E-state index contributed by atoms with van der Waals surface area (Å²) in [5.41, 5.74) is 0.231. The van der Waals surface area contributed by atoms with Crippen LogP contribution in [-0.4, -0.2) is 42.5 Å². The van der Waals surface area contributed by atoms with Crippen molar-refractivity contribution in [2.24, 2.45) is 0 Å². The van der Waals surface area contributed by atoms with Gasteiger partial charge in [0.05, 0.1) is 0 Å². The monoisotopic (exact) mass is 260 g/mol. The Bertz CT molecular complexity index is 210. The quantitative estimate of drug-likeness (QED) is 0.707. The van der Waals surface area contributed by atoms with E-state index in [0.717, 1.165) is 31.3 Å². The van der Waals surface area contributed by atoms with Gasteiger partial charge in [-0.05, 0) is 59.2 Å². The number of nitrogens with zero attached hydrogens (tertiary/aromatic N) is 1. The van der Waals surface area contributed by atoms with Crippen LogP contribution in [0.4, 0.5) is 0 Å². The second kappa shape index (κ2) is 7.60. The van der Waals surface area contributed by atoms with Crippen molar-refractivity contribution in [2.75, 3.05) is 26.0 Å². The van der Waals surface area contributed by atoms with E-state index in [4.69, 9.17) is 11.6 Å². The molecule has 17 heavy (non-hydrogen) atoms. The Kier molecular flexibility index (Phi) is 6.83. The molecule has 0 amide bonds. The van der Waals surface area contributed by atoms with Crippen LogP contribution in [0, 0.1) is 0 Å². The van der Waals surface area contributed by atoms with Crippen LogP contribution < -0.4 is 5.32 Å². The van der Waals surface area contributed by atoms with Crippen molar-refractivity contribution >= 4 is 11.6 Å². The minimum Gasteiger partial charge on any atom is -0.311 e. The van der Waals surface area contributed by atoms with Crippen LogP contribution in [0.25, 0.3) is 0 Å². The first-order chi connectivity index (χ1) is 8.11. The molecule has 0 aromatic carbocycles. The maximum atomic E-state index is 5.87. The molecule has 3 heteroatoms. The Hall–Kier alpha value is 0.210. The van der Waals surface area contributed by atoms with Crippen molar-refractivity contribution in [1.29, 1.82) is 0 Å². The summed E-state index contributed by atoms with van der Waals surface area (Å²) in [6, 6.07) is 0.786. The van der Waals surface area contributed by atoms with Crippen LogP contribution >= 0.6 is 11.6 Å². The molecule has 0 radical (unpaired) electrons. The van der Waals surface area contributed by atoms with E-state index >= 15 is 0 Å². The summed E-state index contributed by atoms with van der Waals surface area (Å²) in [6.45, 7) is 6.93. The number of hydrogen-bond acceptors (Lipinski definition) is 2. The normalized spacial score (nSPS) is 25.8. The summed E-state index contributed by atoms with van der Waals surface area (Å²) in [5.74, 6) is 0.751. The molecule has 1 rings (SSSR count). The van der Waals surface area contributed by atoms with Crippen molar-refractivity contribution in [3.63, 3.8) is 0 Å². The molecule has 1 aliphatic heterocycles. The standard InChI is InChI=1S/C14H29ClN2/c1-4-14(2,9-10-15)16-11-8-13-7-5-6-12-17(13)3/h13,16H,4-12H2,1-3H3. The van der Waals surface area contributed by atoms with Crippen molar-refractivity contribution < 1.29 is 0 Å². The number of rotatable bonds is 7. The molecule has 1 heterocycles. The molecule has 102 valence electrons. The van der Waals surface area contributed by atoms with Crippen LogP contribution in [0.3, 0.4) is 0 Å². The zero-order valence-corrected chi connectivity index (χ0v) is 12.5. The van der Waals surface area contributed by atoms with Crippen molar-refractivity contribution in [1.82, 2.24) is 10.2 Å². The van der Waals surface area contributed by atoms with Gasteiger partial charge in [0.15, 0.2) is 0 Å². The van der Waals surface area contributed by atoms with Gasteiger partial charge in [-0.3, -0.25) is 0 Å². The minimum atomic E-state index is 0.231. The molecule has 0 bridgehead atoms. The van der Waals surface area contributed by atoms with E-state index in [1.165, 1.54) is 32.2 Å². The summed E-state index contributed by atoms with van der Waals surface area (Å²) in [5, 5.41) is 3.70. The van der Waals surface area contributed by atoms with Crippen LogP contribution in [-0.2, 0) is 0 Å². The van der Waals surface area contributed by atoms with E-state index in [9.17, 15) is 0 Å². The van der Waals surface area contributed by atoms with Crippen LogP contribution in [0.1, 0.15) is 52.4 Å². The maximum absolute atomic E-state index is 5.87. The Morgan fingerprint density at radius 2 is 2.18 bits per heavy atom. The van der Waals surface area contributed by atoms with Crippen LogP contribution in [0.5, 0.6) is 0 Å². The fraction of sp³-hybridized carbons (Fsp3) is 1.00. The van der Waals surface area contributed by atoms with Crippen LogP contribution in [0.2, 0.25) is 0 Å². The zero-order chi connectivity index (χ0) is 12.7. The van der Waals surface area contributed by atoms with Gasteiger partial charge in [-0.1, -0.05) is 13.3 Å². The predicted octanol–water partition coefficient (Wildman–Crippen LogP) is 3.25. The molecule has 0 aromatic rings. The first-order valence-corrected chi connectivity index (χ1v) is 7.66. The molecular formula is C14H29ClN2. The van der Waals surface area contributed by atoms with Gasteiger partial charge in [-0.2, -0.15) is 0 Å². The number of hydrogen-bond donors (Lipinski definition) is 1.